The van der Waals surface area contributed by atoms with Gasteiger partial charge in [-0.25, -0.2) is 8.78 Å². The lowest BCUT2D eigenvalue weighted by Gasteiger charge is -2.42. The summed E-state index contributed by atoms with van der Waals surface area (Å²) in [6, 6.07) is 0. The molecule has 1 aliphatic carbocycles. The predicted molar refractivity (Wildman–Crippen MR) is 88.0 cm³/mol. The fourth-order valence-corrected chi connectivity index (χ4v) is 4.34. The smallest absolute Gasteiger partial charge is 0.261 e. The molecule has 5 nitrogen and oxygen atoms in total. The molecule has 7 heteroatoms. The van der Waals surface area contributed by atoms with E-state index in [-0.39, 0.29) is 18.9 Å². The third-order valence-corrected chi connectivity index (χ3v) is 5.55. The average molecular weight is 350 g/mol. The molecule has 1 saturated carbocycles. The fraction of sp³-hybridized carbons (Fsp3) is 0.722. The summed E-state index contributed by atoms with van der Waals surface area (Å²) in [5.41, 5.74) is 0.505. The maximum absolute atomic E-state index is 14.5. The highest BCUT2D eigenvalue weighted by Gasteiger charge is 2.57. The van der Waals surface area contributed by atoms with E-state index in [0.29, 0.717) is 37.7 Å². The van der Waals surface area contributed by atoms with Crippen LogP contribution in [0.1, 0.15) is 37.1 Å². The minimum absolute atomic E-state index is 0.0703. The molecule has 3 fully saturated rings. The van der Waals surface area contributed by atoms with Crippen molar-refractivity contribution >= 4 is 5.91 Å². The molecule has 136 valence electrons. The maximum Gasteiger partial charge on any atom is 0.261 e. The van der Waals surface area contributed by atoms with Gasteiger partial charge in [-0.2, -0.15) is 0 Å². The van der Waals surface area contributed by atoms with Crippen LogP contribution in [0.4, 0.5) is 8.78 Å². The summed E-state index contributed by atoms with van der Waals surface area (Å²) < 4.78 is 28.9. The van der Waals surface area contributed by atoms with Crippen molar-refractivity contribution in [1.29, 1.82) is 0 Å². The number of piperidine rings is 1. The highest BCUT2D eigenvalue weighted by atomic mass is 19.3. The van der Waals surface area contributed by atoms with Crippen molar-refractivity contribution in [2.75, 3.05) is 26.2 Å². The van der Waals surface area contributed by atoms with E-state index in [0.717, 1.165) is 25.1 Å². The maximum atomic E-state index is 14.5. The number of aromatic nitrogens is 2. The Hall–Kier alpha value is -1.63. The van der Waals surface area contributed by atoms with Crippen LogP contribution in [0.5, 0.6) is 0 Å². The quantitative estimate of drug-likeness (QED) is 0.836. The van der Waals surface area contributed by atoms with Crippen molar-refractivity contribution in [3.05, 3.63) is 23.8 Å². The summed E-state index contributed by atoms with van der Waals surface area (Å²) in [5, 5.41) is 0. The van der Waals surface area contributed by atoms with Gasteiger partial charge in [-0.05, 0) is 32.1 Å². The summed E-state index contributed by atoms with van der Waals surface area (Å²) in [5.74, 6) is -2.33. The van der Waals surface area contributed by atoms with Gasteiger partial charge in [0, 0.05) is 45.0 Å². The Labute approximate surface area is 146 Å². The number of rotatable bonds is 4. The first kappa shape index (κ1) is 16.8. The van der Waals surface area contributed by atoms with Gasteiger partial charge in [-0.15, -0.1) is 0 Å². The van der Waals surface area contributed by atoms with Crippen LogP contribution in [0, 0.1) is 18.3 Å². The summed E-state index contributed by atoms with van der Waals surface area (Å²) in [7, 11) is 0. The minimum atomic E-state index is -2.85. The van der Waals surface area contributed by atoms with E-state index in [4.69, 9.17) is 0 Å². The fourth-order valence-electron chi connectivity index (χ4n) is 4.34. The average Bonchev–Trinajstić information content (AvgIpc) is 3.28. The number of hydrogen-bond acceptors (Lipinski definition) is 4. The monoisotopic (exact) mass is 350 g/mol. The molecule has 2 aliphatic heterocycles. The van der Waals surface area contributed by atoms with E-state index >= 15 is 0 Å². The zero-order valence-corrected chi connectivity index (χ0v) is 14.5. The van der Waals surface area contributed by atoms with Crippen LogP contribution in [0.2, 0.25) is 0 Å². The number of hydrogen-bond donors (Lipinski definition) is 0. The molecule has 0 bridgehead atoms. The second-order valence-corrected chi connectivity index (χ2v) is 8.05. The molecule has 0 unspecified atom stereocenters. The van der Waals surface area contributed by atoms with Crippen LogP contribution in [0.25, 0.3) is 0 Å². The van der Waals surface area contributed by atoms with Crippen molar-refractivity contribution in [3.63, 3.8) is 0 Å². The van der Waals surface area contributed by atoms with Gasteiger partial charge in [0.25, 0.3) is 5.92 Å². The molecule has 25 heavy (non-hydrogen) atoms. The number of aryl methyl sites for hydroxylation is 1. The third kappa shape index (κ3) is 3.52. The highest BCUT2D eigenvalue weighted by Crippen LogP contribution is 2.46. The first-order chi connectivity index (χ1) is 11.9. The molecule has 1 atom stereocenters. The number of nitrogens with zero attached hydrogens (tertiary/aromatic N) is 4. The number of alkyl halides is 2. The van der Waals surface area contributed by atoms with Gasteiger partial charge >= 0.3 is 0 Å². The van der Waals surface area contributed by atoms with Crippen LogP contribution in [-0.4, -0.2) is 57.8 Å². The van der Waals surface area contributed by atoms with Crippen molar-refractivity contribution in [2.45, 2.75) is 45.1 Å². The van der Waals surface area contributed by atoms with Crippen LogP contribution in [0.15, 0.2) is 12.4 Å². The highest BCUT2D eigenvalue weighted by molar-refractivity contribution is 5.85. The normalized spacial score (nSPS) is 29.6. The van der Waals surface area contributed by atoms with Crippen LogP contribution in [0.3, 0.4) is 0 Å². The summed E-state index contributed by atoms with van der Waals surface area (Å²) in [4.78, 5) is 24.9. The van der Waals surface area contributed by atoms with Gasteiger partial charge < -0.3 is 4.90 Å². The van der Waals surface area contributed by atoms with Gasteiger partial charge in [0.15, 0.2) is 0 Å². The van der Waals surface area contributed by atoms with Crippen LogP contribution in [-0.2, 0) is 11.3 Å². The Morgan fingerprint density at radius 3 is 2.80 bits per heavy atom. The first-order valence-electron chi connectivity index (χ1n) is 9.02. The number of halogens is 2. The molecule has 2 saturated heterocycles. The van der Waals surface area contributed by atoms with E-state index < -0.39 is 11.3 Å². The van der Waals surface area contributed by atoms with Gasteiger partial charge in [0.1, 0.15) is 0 Å². The van der Waals surface area contributed by atoms with E-state index in [1.54, 1.807) is 17.3 Å². The molecule has 1 amide bonds. The van der Waals surface area contributed by atoms with E-state index in [1.165, 1.54) is 0 Å². The lowest BCUT2D eigenvalue weighted by Crippen LogP contribution is -2.55. The lowest BCUT2D eigenvalue weighted by molar-refractivity contribution is -0.155. The van der Waals surface area contributed by atoms with Crippen LogP contribution >= 0.6 is 0 Å². The standard InChI is InChI=1S/C18H24F2N4O/c1-13-6-21-7-15(22-13)9-23-11-17(10-18(19,20)12-23)4-5-24(16(17)25)8-14-2-3-14/h6-7,14H,2-5,8-12H2,1H3/t17-/m0/s1. The molecule has 1 spiro atoms. The van der Waals surface area contributed by atoms with E-state index in [9.17, 15) is 13.6 Å². The Morgan fingerprint density at radius 1 is 1.28 bits per heavy atom. The molecule has 0 N–H and O–H groups in total. The largest absolute Gasteiger partial charge is 0.342 e. The number of carbonyl (C=O) groups is 1. The van der Waals surface area contributed by atoms with Gasteiger partial charge in [0.2, 0.25) is 5.91 Å². The van der Waals surface area contributed by atoms with Crippen molar-refractivity contribution < 1.29 is 13.6 Å². The number of amides is 1. The van der Waals surface area contributed by atoms with Gasteiger partial charge in [-0.3, -0.25) is 19.7 Å². The van der Waals surface area contributed by atoms with Crippen molar-refractivity contribution in [3.8, 4) is 0 Å². The molecule has 3 aliphatic rings. The zero-order valence-electron chi connectivity index (χ0n) is 14.5. The summed E-state index contributed by atoms with van der Waals surface area (Å²) >= 11 is 0. The summed E-state index contributed by atoms with van der Waals surface area (Å²) in [6.45, 7) is 3.57. The second-order valence-electron chi connectivity index (χ2n) is 8.05. The topological polar surface area (TPSA) is 49.3 Å². The number of carbonyl (C=O) groups excluding carboxylic acids is 1. The van der Waals surface area contributed by atoms with E-state index in [1.807, 2.05) is 11.8 Å². The molecule has 4 rings (SSSR count). The molecular formula is C18H24F2N4O. The second kappa shape index (κ2) is 5.97. The van der Waals surface area contributed by atoms with Crippen molar-refractivity contribution in [1.82, 2.24) is 19.8 Å². The summed E-state index contributed by atoms with van der Waals surface area (Å²) in [6.07, 6.45) is 5.78. The van der Waals surface area contributed by atoms with Crippen molar-refractivity contribution in [2.24, 2.45) is 11.3 Å². The zero-order chi connectivity index (χ0) is 17.7. The minimum Gasteiger partial charge on any atom is -0.342 e. The third-order valence-electron chi connectivity index (χ3n) is 5.55. The predicted octanol–water partition coefficient (Wildman–Crippen LogP) is 2.25. The van der Waals surface area contributed by atoms with Gasteiger partial charge in [0.05, 0.1) is 23.3 Å². The Bertz CT molecular complexity index is 679. The molecule has 0 aromatic carbocycles. The molecule has 1 aromatic heterocycles. The Morgan fingerprint density at radius 2 is 2.08 bits per heavy atom. The Kier molecular flexibility index (Phi) is 4.02. The van der Waals surface area contributed by atoms with Gasteiger partial charge in [-0.1, -0.05) is 0 Å². The lowest BCUT2D eigenvalue weighted by atomic mass is 9.77. The molecular weight excluding hydrogens is 326 g/mol. The SMILES string of the molecule is Cc1cncc(CN2CC(F)(F)C[C@@]3(CCN(CC4CC4)C3=O)C2)n1. The van der Waals surface area contributed by atoms with Crippen LogP contribution < -0.4 is 0 Å². The number of likely N-dealkylation sites (tertiary alicyclic amines) is 2. The molecule has 0 radical (unpaired) electrons. The molecule has 1 aromatic rings. The Balaban J connectivity index is 1.51. The molecule has 3 heterocycles. The first-order valence-corrected chi connectivity index (χ1v) is 9.02. The van der Waals surface area contributed by atoms with E-state index in [2.05, 4.69) is 9.97 Å².